The molecule has 0 saturated heterocycles. The lowest BCUT2D eigenvalue weighted by Crippen LogP contribution is -1.87. The molecule has 0 unspecified atom stereocenters. The summed E-state index contributed by atoms with van der Waals surface area (Å²) in [5.74, 6) is 0. The number of allylic oxidation sites excluding steroid dienone is 2. The molecular formula is C28H22N2. The molecule has 144 valence electrons. The van der Waals surface area contributed by atoms with Gasteiger partial charge in [-0.2, -0.15) is 0 Å². The second-order valence-electron chi connectivity index (χ2n) is 6.98. The van der Waals surface area contributed by atoms with Gasteiger partial charge in [0.1, 0.15) is 0 Å². The first kappa shape index (κ1) is 19.3. The van der Waals surface area contributed by atoms with Crippen LogP contribution < -0.4 is 0 Å². The van der Waals surface area contributed by atoms with Crippen LogP contribution in [0.15, 0.2) is 121 Å². The van der Waals surface area contributed by atoms with Crippen molar-refractivity contribution >= 4 is 18.0 Å². The van der Waals surface area contributed by atoms with E-state index in [1.54, 1.807) is 6.20 Å². The molecule has 0 bridgehead atoms. The summed E-state index contributed by atoms with van der Waals surface area (Å²) < 4.78 is 0. The molecule has 0 radical (unpaired) electrons. The number of benzene rings is 3. The Balaban J connectivity index is 1.65. The lowest BCUT2D eigenvalue weighted by molar-refractivity contribution is 1.33. The van der Waals surface area contributed by atoms with Crippen LogP contribution in [0.1, 0.15) is 11.1 Å². The Morgan fingerprint density at radius 1 is 0.700 bits per heavy atom. The molecule has 0 aliphatic carbocycles. The van der Waals surface area contributed by atoms with Crippen molar-refractivity contribution in [1.29, 1.82) is 0 Å². The molecule has 2 nitrogen and oxygen atoms in total. The third kappa shape index (κ3) is 4.34. The predicted molar refractivity (Wildman–Crippen MR) is 128 cm³/mol. The minimum Gasteiger partial charge on any atom is -0.264 e. The third-order valence-corrected chi connectivity index (χ3v) is 4.97. The first-order chi connectivity index (χ1) is 14.7. The highest BCUT2D eigenvalue weighted by Gasteiger charge is 2.06. The Morgan fingerprint density at radius 2 is 1.33 bits per heavy atom. The maximum absolute atomic E-state index is 4.28. The van der Waals surface area contributed by atoms with Gasteiger partial charge < -0.3 is 0 Å². The van der Waals surface area contributed by atoms with E-state index in [0.29, 0.717) is 0 Å². The average Bonchev–Trinajstić information content (AvgIpc) is 2.83. The second-order valence-corrected chi connectivity index (χ2v) is 6.98. The van der Waals surface area contributed by atoms with Crippen LogP contribution >= 0.6 is 0 Å². The monoisotopic (exact) mass is 386 g/mol. The van der Waals surface area contributed by atoms with E-state index < -0.39 is 0 Å². The van der Waals surface area contributed by atoms with Gasteiger partial charge in [-0.3, -0.25) is 9.98 Å². The summed E-state index contributed by atoms with van der Waals surface area (Å²) in [6, 6.07) is 30.9. The highest BCUT2D eigenvalue weighted by atomic mass is 14.7. The molecular weight excluding hydrogens is 364 g/mol. The van der Waals surface area contributed by atoms with Crippen LogP contribution in [0.5, 0.6) is 0 Å². The van der Waals surface area contributed by atoms with E-state index in [2.05, 4.69) is 71.8 Å². The van der Waals surface area contributed by atoms with Gasteiger partial charge in [-0.1, -0.05) is 79.4 Å². The van der Waals surface area contributed by atoms with Crippen LogP contribution in [0.3, 0.4) is 0 Å². The normalized spacial score (nSPS) is 11.1. The Bertz CT molecular complexity index is 1210. The standard InChI is InChI=1S/C28H22N2/c1-21(23-11-6-12-24(18-23)22-9-4-3-5-10-22)17-28(29-2)26-14-7-13-25(19-26)27-15-8-16-30-20-27/h3-20H,1-2H2/b28-17-. The zero-order chi connectivity index (χ0) is 20.8. The van der Waals surface area contributed by atoms with E-state index in [0.717, 1.165) is 39.1 Å². The number of pyridine rings is 1. The van der Waals surface area contributed by atoms with Crippen LogP contribution in [0.25, 0.3) is 33.5 Å². The molecule has 0 fully saturated rings. The van der Waals surface area contributed by atoms with Crippen molar-refractivity contribution in [1.82, 2.24) is 4.98 Å². The Morgan fingerprint density at radius 3 is 2.03 bits per heavy atom. The summed E-state index contributed by atoms with van der Waals surface area (Å²) in [5.41, 5.74) is 8.23. The zero-order valence-corrected chi connectivity index (χ0v) is 16.7. The lowest BCUT2D eigenvalue weighted by Gasteiger charge is -2.09. The molecule has 0 atom stereocenters. The fraction of sp³-hybridized carbons (Fsp3) is 0. The Hall–Kier alpha value is -4.04. The molecule has 0 spiro atoms. The minimum atomic E-state index is 0.788. The molecule has 30 heavy (non-hydrogen) atoms. The third-order valence-electron chi connectivity index (χ3n) is 4.97. The molecule has 0 aliphatic heterocycles. The van der Waals surface area contributed by atoms with Crippen molar-refractivity contribution in [3.05, 3.63) is 127 Å². The lowest BCUT2D eigenvalue weighted by atomic mass is 9.98. The van der Waals surface area contributed by atoms with Gasteiger partial charge in [-0.15, -0.1) is 0 Å². The fourth-order valence-electron chi connectivity index (χ4n) is 3.39. The number of aliphatic imine (C=N–C) groups is 1. The number of rotatable bonds is 6. The molecule has 3 aromatic carbocycles. The first-order valence-corrected chi connectivity index (χ1v) is 9.78. The molecule has 0 N–H and O–H groups in total. The Kier molecular flexibility index (Phi) is 5.77. The van der Waals surface area contributed by atoms with Crippen molar-refractivity contribution in [3.8, 4) is 22.3 Å². The summed E-state index contributed by atoms with van der Waals surface area (Å²) in [6.45, 7) is 8.06. The van der Waals surface area contributed by atoms with Crippen LogP contribution in [-0.4, -0.2) is 11.7 Å². The van der Waals surface area contributed by atoms with Crippen LogP contribution in [0.2, 0.25) is 0 Å². The highest BCUT2D eigenvalue weighted by Crippen LogP contribution is 2.28. The van der Waals surface area contributed by atoms with Crippen LogP contribution in [0, 0.1) is 0 Å². The van der Waals surface area contributed by atoms with E-state index in [-0.39, 0.29) is 0 Å². The van der Waals surface area contributed by atoms with Gasteiger partial charge in [0.05, 0.1) is 5.70 Å². The smallest absolute Gasteiger partial charge is 0.0700 e. The van der Waals surface area contributed by atoms with Gasteiger partial charge in [0.15, 0.2) is 0 Å². The van der Waals surface area contributed by atoms with Gasteiger partial charge >= 0.3 is 0 Å². The highest BCUT2D eigenvalue weighted by molar-refractivity contribution is 5.85. The Labute approximate surface area is 177 Å². The summed E-state index contributed by atoms with van der Waals surface area (Å²) in [7, 11) is 0. The molecule has 0 saturated carbocycles. The van der Waals surface area contributed by atoms with Crippen molar-refractivity contribution in [3.63, 3.8) is 0 Å². The van der Waals surface area contributed by atoms with E-state index in [4.69, 9.17) is 0 Å². The van der Waals surface area contributed by atoms with Crippen molar-refractivity contribution in [2.24, 2.45) is 4.99 Å². The van der Waals surface area contributed by atoms with Crippen LogP contribution in [-0.2, 0) is 0 Å². The molecule has 2 heteroatoms. The van der Waals surface area contributed by atoms with Crippen molar-refractivity contribution in [2.45, 2.75) is 0 Å². The van der Waals surface area contributed by atoms with Crippen LogP contribution in [0.4, 0.5) is 0 Å². The van der Waals surface area contributed by atoms with Crippen molar-refractivity contribution in [2.75, 3.05) is 0 Å². The van der Waals surface area contributed by atoms with Gasteiger partial charge in [0, 0.05) is 23.5 Å². The second kappa shape index (κ2) is 8.97. The molecule has 0 aliphatic rings. The molecule has 1 aromatic heterocycles. The molecule has 0 amide bonds. The molecule has 4 rings (SSSR count). The van der Waals surface area contributed by atoms with Crippen molar-refractivity contribution < 1.29 is 0 Å². The summed E-state index contributed by atoms with van der Waals surface area (Å²) in [5, 5.41) is 0. The number of hydrogen-bond acceptors (Lipinski definition) is 2. The van der Waals surface area contributed by atoms with Gasteiger partial charge in [-0.25, -0.2) is 0 Å². The number of hydrogen-bond donors (Lipinski definition) is 0. The molecule has 1 heterocycles. The van der Waals surface area contributed by atoms with E-state index >= 15 is 0 Å². The maximum atomic E-state index is 4.28. The number of nitrogens with zero attached hydrogens (tertiary/aromatic N) is 2. The van der Waals surface area contributed by atoms with Gasteiger partial charge in [-0.05, 0) is 58.8 Å². The summed E-state index contributed by atoms with van der Waals surface area (Å²) >= 11 is 0. The SMILES string of the molecule is C=N/C(=C\C(=C)c1cccc(-c2ccccc2)c1)c1cccc(-c2cccnc2)c1. The van der Waals surface area contributed by atoms with E-state index in [1.807, 2.05) is 54.7 Å². The minimum absolute atomic E-state index is 0.788. The first-order valence-electron chi connectivity index (χ1n) is 9.78. The maximum Gasteiger partial charge on any atom is 0.0700 e. The largest absolute Gasteiger partial charge is 0.264 e. The van der Waals surface area contributed by atoms with E-state index in [1.165, 1.54) is 5.56 Å². The van der Waals surface area contributed by atoms with Gasteiger partial charge in [0.2, 0.25) is 0 Å². The molecule has 4 aromatic rings. The summed E-state index contributed by atoms with van der Waals surface area (Å²) in [4.78, 5) is 8.49. The summed E-state index contributed by atoms with van der Waals surface area (Å²) in [6.07, 6.45) is 5.62. The topological polar surface area (TPSA) is 25.2 Å². The van der Waals surface area contributed by atoms with E-state index in [9.17, 15) is 0 Å². The fourth-order valence-corrected chi connectivity index (χ4v) is 3.39. The zero-order valence-electron chi connectivity index (χ0n) is 16.7. The van der Waals surface area contributed by atoms with Gasteiger partial charge in [0.25, 0.3) is 0 Å². The number of aromatic nitrogens is 1. The predicted octanol–water partition coefficient (Wildman–Crippen LogP) is 7.17. The quantitative estimate of drug-likeness (QED) is 0.255. The average molecular weight is 386 g/mol.